The summed E-state index contributed by atoms with van der Waals surface area (Å²) < 4.78 is 3.32. The summed E-state index contributed by atoms with van der Waals surface area (Å²) in [5.74, 6) is 0.640. The number of hydrogen-bond acceptors (Lipinski definition) is 13. The third kappa shape index (κ3) is 7.98. The first-order chi connectivity index (χ1) is 23.2. The molecule has 2 aliphatic rings. The van der Waals surface area contributed by atoms with Crippen molar-refractivity contribution in [3.8, 4) is 0 Å². The monoisotopic (exact) mass is 730 g/mol. The number of carbonyl (C=O) groups excluding carboxylic acids is 1. The van der Waals surface area contributed by atoms with Gasteiger partial charge in [0.05, 0.1) is 25.2 Å². The van der Waals surface area contributed by atoms with E-state index in [2.05, 4.69) is 39.8 Å². The Bertz CT molecular complexity index is 1550. The minimum absolute atomic E-state index is 0.0658. The summed E-state index contributed by atoms with van der Waals surface area (Å²) in [6.45, 7) is 6.32. The molecule has 13 nitrogen and oxygen atoms in total. The molecule has 0 bridgehead atoms. The van der Waals surface area contributed by atoms with Crippen LogP contribution < -0.4 is 21.3 Å². The lowest BCUT2D eigenvalue weighted by Gasteiger charge is -2.43. The molecule has 48 heavy (non-hydrogen) atoms. The Labute approximate surface area is 298 Å². The highest BCUT2D eigenvalue weighted by Gasteiger charge is 2.39. The molecule has 4 heterocycles. The molecular formula is C31H40Cl2N12OS2. The van der Waals surface area contributed by atoms with Crippen molar-refractivity contribution >= 4 is 75.8 Å². The summed E-state index contributed by atoms with van der Waals surface area (Å²) in [5.41, 5.74) is 14.9. The molecule has 0 amide bonds. The van der Waals surface area contributed by atoms with Gasteiger partial charge in [0.15, 0.2) is 5.78 Å². The number of carbonyl (C=O) groups is 1. The summed E-state index contributed by atoms with van der Waals surface area (Å²) in [4.78, 5) is 33.0. The molecule has 0 aliphatic carbocycles. The van der Waals surface area contributed by atoms with E-state index in [1.165, 1.54) is 23.5 Å². The minimum Gasteiger partial charge on any atom is -0.369 e. The van der Waals surface area contributed by atoms with E-state index in [0.29, 0.717) is 46.5 Å². The molecule has 6 rings (SSSR count). The summed E-state index contributed by atoms with van der Waals surface area (Å²) in [5, 5.41) is 11.8. The fourth-order valence-electron chi connectivity index (χ4n) is 6.31. The number of thioether (sulfide) groups is 2. The van der Waals surface area contributed by atoms with Crippen LogP contribution in [0.1, 0.15) is 0 Å². The van der Waals surface area contributed by atoms with Gasteiger partial charge in [-0.25, -0.2) is 9.36 Å². The lowest BCUT2D eigenvalue weighted by molar-refractivity contribution is -0.131. The van der Waals surface area contributed by atoms with Crippen molar-refractivity contribution in [2.75, 3.05) is 86.1 Å². The van der Waals surface area contributed by atoms with E-state index in [1.807, 2.05) is 61.0 Å². The van der Waals surface area contributed by atoms with Gasteiger partial charge >= 0.3 is 0 Å². The first-order valence-electron chi connectivity index (χ1n) is 15.7. The molecule has 0 saturated carbocycles. The predicted octanol–water partition coefficient (Wildman–Crippen LogP) is 3.44. The second-order valence-corrected chi connectivity index (χ2v) is 14.1. The van der Waals surface area contributed by atoms with Crippen LogP contribution in [0.4, 0.5) is 23.3 Å². The average Bonchev–Trinajstić information content (AvgIpc) is 3.66. The number of Topliss-reactive ketones (excluding diaryl/α,β-unsaturated/α-hetero) is 1. The number of benzene rings is 2. The number of aromatic nitrogens is 6. The fraction of sp³-hybridized carbons (Fsp3) is 0.452. The number of ketones is 1. The van der Waals surface area contributed by atoms with Crippen molar-refractivity contribution in [1.29, 1.82) is 0 Å². The van der Waals surface area contributed by atoms with Gasteiger partial charge in [-0.15, -0.1) is 10.2 Å². The van der Waals surface area contributed by atoms with Crippen LogP contribution in [0.25, 0.3) is 0 Å². The molecule has 0 radical (unpaired) electrons. The predicted molar refractivity (Wildman–Crippen MR) is 195 cm³/mol. The third-order valence-corrected chi connectivity index (χ3v) is 10.5. The van der Waals surface area contributed by atoms with Crippen molar-refractivity contribution in [2.24, 2.45) is 0 Å². The Morgan fingerprint density at radius 1 is 0.667 bits per heavy atom. The number of nitrogen functional groups attached to an aromatic ring is 2. The van der Waals surface area contributed by atoms with E-state index in [0.717, 1.165) is 37.6 Å². The standard InChI is InChI=1S/C31H40Cl2N12OS2/c1-47-30-36-28(34)44(38-30)19-25(42-15-11-40(12-16-42)23-7-3-21(32)4-8-23)27(46)26(20-45-29(35)37-31(39-45)48-2)43-17-13-41(14-18-43)24-9-5-22(33)6-10-24/h3-10,25-26H,11-20H2,1-2H3,(H2,34,36,38)(H2,35,37,39). The molecular weight excluding hydrogens is 691 g/mol. The fourth-order valence-corrected chi connectivity index (χ4v) is 7.30. The van der Waals surface area contributed by atoms with Gasteiger partial charge in [-0.3, -0.25) is 14.6 Å². The smallest absolute Gasteiger partial charge is 0.219 e. The number of nitrogens with two attached hydrogens (primary N) is 2. The molecule has 2 aromatic carbocycles. The summed E-state index contributed by atoms with van der Waals surface area (Å²) in [6.07, 6.45) is 3.81. The molecule has 2 aliphatic heterocycles. The maximum Gasteiger partial charge on any atom is 0.219 e. The Hall–Kier alpha value is -3.21. The highest BCUT2D eigenvalue weighted by molar-refractivity contribution is 7.98. The van der Waals surface area contributed by atoms with E-state index < -0.39 is 12.1 Å². The van der Waals surface area contributed by atoms with Crippen LogP contribution >= 0.6 is 46.7 Å². The van der Waals surface area contributed by atoms with Crippen molar-refractivity contribution in [1.82, 2.24) is 39.3 Å². The Kier molecular flexibility index (Phi) is 11.2. The second kappa shape index (κ2) is 15.6. The van der Waals surface area contributed by atoms with Gasteiger partial charge in [0.2, 0.25) is 22.2 Å². The number of halogens is 2. The highest BCUT2D eigenvalue weighted by atomic mass is 35.5. The quantitative estimate of drug-likeness (QED) is 0.206. The van der Waals surface area contributed by atoms with Crippen molar-refractivity contribution in [2.45, 2.75) is 35.5 Å². The summed E-state index contributed by atoms with van der Waals surface area (Å²) in [7, 11) is 0. The number of anilines is 4. The summed E-state index contributed by atoms with van der Waals surface area (Å²) in [6, 6.07) is 14.7. The highest BCUT2D eigenvalue weighted by Crippen LogP contribution is 2.25. The number of piperazine rings is 2. The first kappa shape index (κ1) is 34.6. The molecule has 17 heteroatoms. The normalized spacial score (nSPS) is 17.5. The van der Waals surface area contributed by atoms with Gasteiger partial charge in [-0.1, -0.05) is 46.7 Å². The SMILES string of the molecule is CSc1nc(N)n(CC(C(=O)C(Cn2nc(SC)nc2N)N2CCN(c3ccc(Cl)cc3)CC2)N2CCN(c3ccc(Cl)cc3)CC2)n1. The van der Waals surface area contributed by atoms with Crippen molar-refractivity contribution in [3.05, 3.63) is 58.6 Å². The Morgan fingerprint density at radius 3 is 1.33 bits per heavy atom. The lowest BCUT2D eigenvalue weighted by Crippen LogP contribution is -2.61. The van der Waals surface area contributed by atoms with Crippen LogP contribution in [0, 0.1) is 0 Å². The maximum absolute atomic E-state index is 15.0. The third-order valence-electron chi connectivity index (χ3n) is 8.97. The van der Waals surface area contributed by atoms with Crippen LogP contribution in [0.15, 0.2) is 58.8 Å². The Morgan fingerprint density at radius 2 is 1.02 bits per heavy atom. The van der Waals surface area contributed by atoms with Gasteiger partial charge in [-0.05, 0) is 61.0 Å². The minimum atomic E-state index is -0.514. The molecule has 4 aromatic rings. The van der Waals surface area contributed by atoms with E-state index in [9.17, 15) is 0 Å². The van der Waals surface area contributed by atoms with E-state index >= 15 is 4.79 Å². The molecule has 2 saturated heterocycles. The van der Waals surface area contributed by atoms with Gasteiger partial charge in [0, 0.05) is 73.8 Å². The van der Waals surface area contributed by atoms with Gasteiger partial charge in [-0.2, -0.15) is 9.97 Å². The number of hydrogen-bond donors (Lipinski definition) is 2. The number of rotatable bonds is 12. The van der Waals surface area contributed by atoms with E-state index in [-0.39, 0.29) is 30.8 Å². The van der Waals surface area contributed by atoms with E-state index in [4.69, 9.17) is 34.7 Å². The van der Waals surface area contributed by atoms with Crippen molar-refractivity contribution < 1.29 is 4.79 Å². The van der Waals surface area contributed by atoms with Crippen molar-refractivity contribution in [3.63, 3.8) is 0 Å². The van der Waals surface area contributed by atoms with Gasteiger partial charge < -0.3 is 21.3 Å². The molecule has 2 aromatic heterocycles. The maximum atomic E-state index is 15.0. The average molecular weight is 732 g/mol. The molecule has 0 spiro atoms. The van der Waals surface area contributed by atoms with Gasteiger partial charge in [0.25, 0.3) is 0 Å². The van der Waals surface area contributed by atoms with Crippen LogP contribution in [-0.4, -0.2) is 122 Å². The first-order valence-corrected chi connectivity index (χ1v) is 18.9. The largest absolute Gasteiger partial charge is 0.369 e. The molecule has 2 atom stereocenters. The zero-order valence-electron chi connectivity index (χ0n) is 27.0. The molecule has 4 N–H and O–H groups in total. The zero-order chi connectivity index (χ0) is 33.8. The van der Waals surface area contributed by atoms with E-state index in [1.54, 1.807) is 9.36 Å². The summed E-state index contributed by atoms with van der Waals surface area (Å²) >= 11 is 15.1. The van der Waals surface area contributed by atoms with Crippen LogP contribution in [0.3, 0.4) is 0 Å². The van der Waals surface area contributed by atoms with Crippen LogP contribution in [0.5, 0.6) is 0 Å². The topological polar surface area (TPSA) is 143 Å². The molecule has 256 valence electrons. The van der Waals surface area contributed by atoms with Crippen LogP contribution in [0.2, 0.25) is 10.0 Å². The molecule has 2 unspecified atom stereocenters. The second-order valence-electron chi connectivity index (χ2n) is 11.7. The van der Waals surface area contributed by atoms with Gasteiger partial charge in [0.1, 0.15) is 0 Å². The zero-order valence-corrected chi connectivity index (χ0v) is 30.1. The lowest BCUT2D eigenvalue weighted by atomic mass is 9.99. The van der Waals surface area contributed by atoms with Crippen LogP contribution in [-0.2, 0) is 17.9 Å². The molecule has 2 fully saturated rings. The Balaban J connectivity index is 1.27. The number of nitrogens with zero attached hydrogens (tertiary/aromatic N) is 10.